The summed E-state index contributed by atoms with van der Waals surface area (Å²) in [6.07, 6.45) is 0.755. The Hall–Kier alpha value is -2.54. The van der Waals surface area contributed by atoms with Crippen molar-refractivity contribution in [3.05, 3.63) is 64.1 Å². The molecule has 0 aliphatic carbocycles. The molecule has 0 radical (unpaired) electrons. The Kier molecular flexibility index (Phi) is 4.56. The van der Waals surface area contributed by atoms with E-state index in [0.717, 1.165) is 17.9 Å². The molecule has 0 unspecified atom stereocenters. The van der Waals surface area contributed by atoms with Crippen molar-refractivity contribution in [3.8, 4) is 11.8 Å². The van der Waals surface area contributed by atoms with Crippen molar-refractivity contribution in [2.45, 2.75) is 19.9 Å². The van der Waals surface area contributed by atoms with Crippen molar-refractivity contribution in [1.82, 2.24) is 4.57 Å². The fraction of sp³-hybridized carbons (Fsp3) is 0.250. The Morgan fingerprint density at radius 2 is 1.95 bits per heavy atom. The van der Waals surface area contributed by atoms with Crippen LogP contribution in [0.3, 0.4) is 0 Å². The van der Waals surface area contributed by atoms with Crippen molar-refractivity contribution in [1.29, 1.82) is 5.26 Å². The van der Waals surface area contributed by atoms with Gasteiger partial charge in [0.05, 0.1) is 18.2 Å². The summed E-state index contributed by atoms with van der Waals surface area (Å²) in [5.41, 5.74) is 1.59. The van der Waals surface area contributed by atoms with E-state index in [4.69, 9.17) is 10.00 Å². The molecule has 2 rings (SSSR count). The number of aryl methyl sites for hydroxylation is 1. The predicted molar refractivity (Wildman–Crippen MR) is 76.7 cm³/mol. The lowest BCUT2D eigenvalue weighted by Gasteiger charge is -2.10. The molecule has 4 heteroatoms. The molecule has 1 aromatic carbocycles. The molecule has 102 valence electrons. The van der Waals surface area contributed by atoms with Crippen LogP contribution in [0.15, 0.2) is 47.3 Å². The summed E-state index contributed by atoms with van der Waals surface area (Å²) in [4.78, 5) is 11.7. The quantitative estimate of drug-likeness (QED) is 0.783. The van der Waals surface area contributed by atoms with Gasteiger partial charge in [0.25, 0.3) is 5.56 Å². The van der Waals surface area contributed by atoms with Crippen molar-refractivity contribution in [2.75, 3.05) is 6.61 Å². The second kappa shape index (κ2) is 6.58. The van der Waals surface area contributed by atoms with Crippen LogP contribution in [0.4, 0.5) is 0 Å². The zero-order chi connectivity index (χ0) is 14.4. The average Bonchev–Trinajstić information content (AvgIpc) is 2.46. The molecule has 0 aliphatic heterocycles. The molecule has 1 aromatic heterocycles. The molecule has 0 amide bonds. The fourth-order valence-electron chi connectivity index (χ4n) is 1.95. The summed E-state index contributed by atoms with van der Waals surface area (Å²) in [5.74, 6) is 0.737. The highest BCUT2D eigenvalue weighted by Crippen LogP contribution is 2.11. The van der Waals surface area contributed by atoms with Crippen LogP contribution in [-0.2, 0) is 6.54 Å². The first-order chi connectivity index (χ1) is 9.70. The van der Waals surface area contributed by atoms with Gasteiger partial charge in [0.15, 0.2) is 0 Å². The molecular formula is C16H16N2O2. The van der Waals surface area contributed by atoms with E-state index in [1.807, 2.05) is 13.0 Å². The number of aromatic nitrogens is 1. The van der Waals surface area contributed by atoms with E-state index < -0.39 is 0 Å². The third-order valence-corrected chi connectivity index (χ3v) is 3.05. The lowest BCUT2D eigenvalue weighted by atomic mass is 10.2. The van der Waals surface area contributed by atoms with Crippen LogP contribution in [0.1, 0.15) is 17.7 Å². The number of nitrogens with zero attached hydrogens (tertiary/aromatic N) is 2. The molecule has 0 fully saturated rings. The van der Waals surface area contributed by atoms with Crippen LogP contribution in [0.25, 0.3) is 0 Å². The summed E-state index contributed by atoms with van der Waals surface area (Å²) in [6, 6.07) is 14.3. The summed E-state index contributed by atoms with van der Waals surface area (Å²) >= 11 is 0. The number of hydrogen-bond acceptors (Lipinski definition) is 3. The van der Waals surface area contributed by atoms with Gasteiger partial charge in [-0.05, 0) is 43.7 Å². The summed E-state index contributed by atoms with van der Waals surface area (Å²) in [6.45, 7) is 3.09. The van der Waals surface area contributed by atoms with Crippen LogP contribution in [0.5, 0.6) is 5.75 Å². The second-order valence-electron chi connectivity index (χ2n) is 4.50. The molecule has 4 nitrogen and oxygen atoms in total. The van der Waals surface area contributed by atoms with Gasteiger partial charge in [-0.15, -0.1) is 0 Å². The largest absolute Gasteiger partial charge is 0.494 e. The molecule has 0 atom stereocenters. The maximum Gasteiger partial charge on any atom is 0.250 e. The molecule has 0 saturated heterocycles. The Labute approximate surface area is 117 Å². The van der Waals surface area contributed by atoms with E-state index in [9.17, 15) is 4.79 Å². The first-order valence-electron chi connectivity index (χ1n) is 6.50. The first-order valence-corrected chi connectivity index (χ1v) is 6.50. The van der Waals surface area contributed by atoms with Crippen molar-refractivity contribution in [2.24, 2.45) is 0 Å². The lowest BCUT2D eigenvalue weighted by Crippen LogP contribution is -2.21. The van der Waals surface area contributed by atoms with E-state index in [1.165, 1.54) is 0 Å². The highest BCUT2D eigenvalue weighted by molar-refractivity contribution is 5.34. The van der Waals surface area contributed by atoms with E-state index in [2.05, 4.69) is 6.07 Å². The molecule has 0 aliphatic rings. The molecule has 0 N–H and O–H groups in total. The number of pyridine rings is 1. The van der Waals surface area contributed by atoms with E-state index in [1.54, 1.807) is 41.0 Å². The highest BCUT2D eigenvalue weighted by atomic mass is 16.5. The third kappa shape index (κ3) is 3.48. The predicted octanol–water partition coefficient (Wildman–Crippen LogP) is 2.50. The van der Waals surface area contributed by atoms with Gasteiger partial charge in [0.1, 0.15) is 5.75 Å². The standard InChI is InChI=1S/C16H16N2O2/c1-13-4-2-5-16(19)18(13)10-3-11-20-15-8-6-14(12-17)7-9-15/h2,4-9H,3,10-11H2,1H3. The van der Waals surface area contributed by atoms with Gasteiger partial charge in [-0.1, -0.05) is 6.07 Å². The van der Waals surface area contributed by atoms with Gasteiger partial charge in [-0.3, -0.25) is 4.79 Å². The number of hydrogen-bond donors (Lipinski definition) is 0. The number of benzene rings is 1. The zero-order valence-electron chi connectivity index (χ0n) is 11.4. The minimum absolute atomic E-state index is 0.0170. The van der Waals surface area contributed by atoms with Crippen molar-refractivity contribution in [3.63, 3.8) is 0 Å². The minimum Gasteiger partial charge on any atom is -0.494 e. The number of nitriles is 1. The van der Waals surface area contributed by atoms with Gasteiger partial charge in [0, 0.05) is 18.3 Å². The van der Waals surface area contributed by atoms with Crippen LogP contribution in [-0.4, -0.2) is 11.2 Å². The molecule has 0 spiro atoms. The SMILES string of the molecule is Cc1cccc(=O)n1CCCOc1ccc(C#N)cc1. The van der Waals surface area contributed by atoms with E-state index in [0.29, 0.717) is 18.7 Å². The summed E-state index contributed by atoms with van der Waals surface area (Å²) < 4.78 is 7.32. The van der Waals surface area contributed by atoms with Crippen molar-refractivity contribution >= 4 is 0 Å². The van der Waals surface area contributed by atoms with Gasteiger partial charge in [-0.25, -0.2) is 0 Å². The van der Waals surface area contributed by atoms with E-state index >= 15 is 0 Å². The van der Waals surface area contributed by atoms with Gasteiger partial charge in [0.2, 0.25) is 0 Å². The minimum atomic E-state index is 0.0170. The Morgan fingerprint density at radius 3 is 2.60 bits per heavy atom. The summed E-state index contributed by atoms with van der Waals surface area (Å²) in [7, 11) is 0. The van der Waals surface area contributed by atoms with Gasteiger partial charge < -0.3 is 9.30 Å². The monoisotopic (exact) mass is 268 g/mol. The normalized spacial score (nSPS) is 10.0. The second-order valence-corrected chi connectivity index (χ2v) is 4.50. The van der Waals surface area contributed by atoms with Crippen molar-refractivity contribution < 1.29 is 4.74 Å². The molecule has 0 bridgehead atoms. The Bertz CT molecular complexity index is 666. The zero-order valence-corrected chi connectivity index (χ0v) is 11.4. The van der Waals surface area contributed by atoms with Crippen LogP contribution in [0, 0.1) is 18.3 Å². The fourth-order valence-corrected chi connectivity index (χ4v) is 1.95. The van der Waals surface area contributed by atoms with Crippen LogP contribution >= 0.6 is 0 Å². The molecule has 1 heterocycles. The Balaban J connectivity index is 1.85. The van der Waals surface area contributed by atoms with Gasteiger partial charge in [-0.2, -0.15) is 5.26 Å². The highest BCUT2D eigenvalue weighted by Gasteiger charge is 1.99. The smallest absolute Gasteiger partial charge is 0.250 e. The van der Waals surface area contributed by atoms with E-state index in [-0.39, 0.29) is 5.56 Å². The van der Waals surface area contributed by atoms with Crippen LogP contribution in [0.2, 0.25) is 0 Å². The lowest BCUT2D eigenvalue weighted by molar-refractivity contribution is 0.300. The summed E-state index contributed by atoms with van der Waals surface area (Å²) in [5, 5.41) is 8.70. The molecular weight excluding hydrogens is 252 g/mol. The third-order valence-electron chi connectivity index (χ3n) is 3.05. The molecule has 20 heavy (non-hydrogen) atoms. The maximum absolute atomic E-state index is 11.7. The first kappa shape index (κ1) is 13.9. The van der Waals surface area contributed by atoms with Crippen LogP contribution < -0.4 is 10.3 Å². The molecule has 2 aromatic rings. The van der Waals surface area contributed by atoms with Gasteiger partial charge >= 0.3 is 0 Å². The maximum atomic E-state index is 11.7. The molecule has 0 saturated carbocycles. The topological polar surface area (TPSA) is 55.0 Å². The average molecular weight is 268 g/mol. The Morgan fingerprint density at radius 1 is 1.20 bits per heavy atom. The number of rotatable bonds is 5. The number of ether oxygens (including phenoxy) is 1.